The van der Waals surface area contributed by atoms with E-state index in [9.17, 15) is 9.59 Å². The van der Waals surface area contributed by atoms with E-state index in [1.165, 1.54) is 5.56 Å². The lowest BCUT2D eigenvalue weighted by Gasteiger charge is -2.26. The van der Waals surface area contributed by atoms with Gasteiger partial charge in [-0.2, -0.15) is 0 Å². The Balaban J connectivity index is 0.00000280. The van der Waals surface area contributed by atoms with Gasteiger partial charge in [-0.3, -0.25) is 9.59 Å². The van der Waals surface area contributed by atoms with Crippen LogP contribution < -0.4 is 11.1 Å². The molecule has 1 aliphatic rings. The van der Waals surface area contributed by atoms with Crippen LogP contribution in [0.15, 0.2) is 54.6 Å². The highest BCUT2D eigenvalue weighted by atomic mass is 35.5. The minimum atomic E-state index is -0.155. The van der Waals surface area contributed by atoms with Crippen LogP contribution in [-0.2, 0) is 22.4 Å². The van der Waals surface area contributed by atoms with Crippen molar-refractivity contribution in [3.05, 3.63) is 65.7 Å². The largest absolute Gasteiger partial charge is 0.341 e. The second-order valence-corrected chi connectivity index (χ2v) is 6.99. The van der Waals surface area contributed by atoms with Crippen LogP contribution in [0, 0.1) is 5.92 Å². The van der Waals surface area contributed by atoms with Gasteiger partial charge in [0, 0.05) is 37.7 Å². The van der Waals surface area contributed by atoms with Crippen molar-refractivity contribution in [1.29, 1.82) is 0 Å². The molecule has 5 nitrogen and oxygen atoms in total. The lowest BCUT2D eigenvalue weighted by molar-refractivity contribution is -0.131. The summed E-state index contributed by atoms with van der Waals surface area (Å²) in [7, 11) is 0. The molecule has 28 heavy (non-hydrogen) atoms. The first kappa shape index (κ1) is 21.9. The normalized spacial score (nSPS) is 15.2. The molecule has 1 atom stereocenters. The van der Waals surface area contributed by atoms with Crippen molar-refractivity contribution in [3.8, 4) is 0 Å². The monoisotopic (exact) mass is 401 g/mol. The topological polar surface area (TPSA) is 75.4 Å². The smallest absolute Gasteiger partial charge is 0.227 e. The summed E-state index contributed by atoms with van der Waals surface area (Å²) in [6.45, 7) is 1.64. The number of amides is 2. The Morgan fingerprint density at radius 1 is 1.07 bits per heavy atom. The maximum absolute atomic E-state index is 12.7. The number of nitrogens with two attached hydrogens (primary N) is 1. The van der Waals surface area contributed by atoms with Gasteiger partial charge in [0.15, 0.2) is 0 Å². The summed E-state index contributed by atoms with van der Waals surface area (Å²) >= 11 is 0. The van der Waals surface area contributed by atoms with Gasteiger partial charge in [-0.25, -0.2) is 0 Å². The average Bonchev–Trinajstić information content (AvgIpc) is 2.70. The summed E-state index contributed by atoms with van der Waals surface area (Å²) in [6, 6.07) is 18.0. The molecule has 2 aromatic rings. The van der Waals surface area contributed by atoms with Crippen LogP contribution in [0.25, 0.3) is 0 Å². The highest BCUT2D eigenvalue weighted by molar-refractivity contribution is 5.96. The fourth-order valence-corrected chi connectivity index (χ4v) is 3.53. The summed E-state index contributed by atoms with van der Waals surface area (Å²) in [4.78, 5) is 26.8. The first-order valence-corrected chi connectivity index (χ1v) is 9.58. The van der Waals surface area contributed by atoms with Crippen LogP contribution >= 0.6 is 12.4 Å². The molecule has 0 fully saturated rings. The van der Waals surface area contributed by atoms with Crippen molar-refractivity contribution >= 4 is 29.9 Å². The van der Waals surface area contributed by atoms with Crippen LogP contribution in [0.1, 0.15) is 24.0 Å². The first-order valence-electron chi connectivity index (χ1n) is 9.58. The molecule has 0 saturated heterocycles. The van der Waals surface area contributed by atoms with E-state index in [-0.39, 0.29) is 30.1 Å². The highest BCUT2D eigenvalue weighted by Gasteiger charge is 2.27. The van der Waals surface area contributed by atoms with Gasteiger partial charge in [0.2, 0.25) is 11.8 Å². The lowest BCUT2D eigenvalue weighted by Crippen LogP contribution is -2.38. The Labute approximate surface area is 172 Å². The minimum Gasteiger partial charge on any atom is -0.341 e. The van der Waals surface area contributed by atoms with Crippen molar-refractivity contribution in [2.45, 2.75) is 25.7 Å². The van der Waals surface area contributed by atoms with E-state index in [1.54, 1.807) is 0 Å². The summed E-state index contributed by atoms with van der Waals surface area (Å²) < 4.78 is 0. The van der Waals surface area contributed by atoms with E-state index in [1.807, 2.05) is 47.4 Å². The molecule has 2 aromatic carbocycles. The van der Waals surface area contributed by atoms with Crippen LogP contribution in [-0.4, -0.2) is 36.3 Å². The summed E-state index contributed by atoms with van der Waals surface area (Å²) in [5, 5.41) is 2.95. The van der Waals surface area contributed by atoms with E-state index >= 15 is 0 Å². The Kier molecular flexibility index (Phi) is 8.48. The minimum absolute atomic E-state index is 0. The number of para-hydroxylation sites is 1. The first-order chi connectivity index (χ1) is 13.2. The predicted octanol–water partition coefficient (Wildman–Crippen LogP) is 3.03. The van der Waals surface area contributed by atoms with Gasteiger partial charge < -0.3 is 16.0 Å². The number of anilines is 1. The van der Waals surface area contributed by atoms with Gasteiger partial charge in [-0.15, -0.1) is 12.4 Å². The fraction of sp³-hybridized carbons (Fsp3) is 0.364. The van der Waals surface area contributed by atoms with Crippen molar-refractivity contribution in [2.24, 2.45) is 11.7 Å². The third-order valence-corrected chi connectivity index (χ3v) is 5.08. The Bertz CT molecular complexity index is 782. The van der Waals surface area contributed by atoms with E-state index in [0.29, 0.717) is 38.9 Å². The molecule has 0 aliphatic carbocycles. The Morgan fingerprint density at radius 3 is 2.54 bits per heavy atom. The number of rotatable bonds is 8. The maximum Gasteiger partial charge on any atom is 0.227 e. The molecular weight excluding hydrogens is 374 g/mol. The fourth-order valence-electron chi connectivity index (χ4n) is 3.53. The van der Waals surface area contributed by atoms with Crippen LogP contribution in [0.4, 0.5) is 5.69 Å². The number of nitrogens with one attached hydrogen (secondary N) is 1. The molecule has 0 aromatic heterocycles. The molecule has 150 valence electrons. The van der Waals surface area contributed by atoms with Gasteiger partial charge in [0.05, 0.1) is 0 Å². The maximum atomic E-state index is 12.7. The lowest BCUT2D eigenvalue weighted by atomic mass is 9.89. The van der Waals surface area contributed by atoms with E-state index in [4.69, 9.17) is 5.73 Å². The molecular formula is C22H28ClN3O2. The number of hydrogen-bond acceptors (Lipinski definition) is 3. The third kappa shape index (κ3) is 5.81. The van der Waals surface area contributed by atoms with Gasteiger partial charge in [0.25, 0.3) is 0 Å². The quantitative estimate of drug-likeness (QED) is 0.713. The zero-order valence-corrected chi connectivity index (χ0v) is 16.8. The van der Waals surface area contributed by atoms with Gasteiger partial charge in [0.1, 0.15) is 0 Å². The van der Waals surface area contributed by atoms with Crippen molar-refractivity contribution in [1.82, 2.24) is 4.90 Å². The van der Waals surface area contributed by atoms with Gasteiger partial charge >= 0.3 is 0 Å². The molecule has 1 unspecified atom stereocenters. The van der Waals surface area contributed by atoms with E-state index < -0.39 is 0 Å². The number of benzene rings is 2. The summed E-state index contributed by atoms with van der Waals surface area (Å²) in [6.07, 6.45) is 2.43. The molecule has 3 N–H and O–H groups in total. The molecule has 1 heterocycles. The zero-order valence-electron chi connectivity index (χ0n) is 16.0. The molecule has 6 heteroatoms. The van der Waals surface area contributed by atoms with E-state index in [0.717, 1.165) is 17.7 Å². The molecule has 0 saturated carbocycles. The number of nitrogens with zero attached hydrogens (tertiary/aromatic N) is 1. The van der Waals surface area contributed by atoms with Crippen LogP contribution in [0.5, 0.6) is 0 Å². The van der Waals surface area contributed by atoms with Gasteiger partial charge in [-0.05, 0) is 36.5 Å². The average molecular weight is 402 g/mol. The summed E-state index contributed by atoms with van der Waals surface area (Å²) in [5.74, 6) is -0.0723. The Morgan fingerprint density at radius 2 is 1.79 bits per heavy atom. The van der Waals surface area contributed by atoms with Crippen LogP contribution in [0.3, 0.4) is 0 Å². The number of hydrogen-bond donors (Lipinski definition) is 2. The third-order valence-electron chi connectivity index (χ3n) is 5.08. The van der Waals surface area contributed by atoms with Gasteiger partial charge in [-0.1, -0.05) is 48.5 Å². The Hall–Kier alpha value is -2.37. The van der Waals surface area contributed by atoms with Crippen molar-refractivity contribution in [3.63, 3.8) is 0 Å². The van der Waals surface area contributed by atoms with Crippen molar-refractivity contribution < 1.29 is 9.59 Å². The number of fused-ring (bicyclic) bond motifs is 1. The second kappa shape index (κ2) is 10.8. The van der Waals surface area contributed by atoms with Crippen LogP contribution in [0.2, 0.25) is 0 Å². The standard InChI is InChI=1S/C22H27N3O2.ClH/c23-13-15-25(14-12-17-6-2-1-3-7-17)21(26)11-10-19-16-18-8-4-5-9-20(18)24-22(19)27;/h1-9,19H,10-16,23H2,(H,24,27);1H. The van der Waals surface area contributed by atoms with E-state index in [2.05, 4.69) is 17.4 Å². The zero-order chi connectivity index (χ0) is 19.1. The molecule has 3 rings (SSSR count). The number of carbonyl (C=O) groups is 2. The molecule has 0 bridgehead atoms. The van der Waals surface area contributed by atoms with Crippen molar-refractivity contribution in [2.75, 3.05) is 25.0 Å². The predicted molar refractivity (Wildman–Crippen MR) is 115 cm³/mol. The molecule has 0 radical (unpaired) electrons. The molecule has 0 spiro atoms. The highest BCUT2D eigenvalue weighted by Crippen LogP contribution is 2.27. The molecule has 1 aliphatic heterocycles. The molecule has 2 amide bonds. The number of carbonyl (C=O) groups excluding carboxylic acids is 2. The number of halogens is 1. The SMILES string of the molecule is Cl.NCCN(CCc1ccccc1)C(=O)CCC1Cc2ccccc2NC1=O. The summed E-state index contributed by atoms with van der Waals surface area (Å²) in [5.41, 5.74) is 8.92. The second-order valence-electron chi connectivity index (χ2n) is 6.99.